The SMILES string of the molecule is CN(C(=O)Cc1ccc2cccc-2o1)C1CCC2(CCCO2)CC1N1CCCC1. The van der Waals surface area contributed by atoms with Gasteiger partial charge in [-0.3, -0.25) is 9.69 Å². The van der Waals surface area contributed by atoms with Crippen LogP contribution in [0.3, 0.4) is 0 Å². The Bertz CT molecular complexity index is 819. The van der Waals surface area contributed by atoms with Crippen molar-refractivity contribution in [1.29, 1.82) is 0 Å². The standard InChI is InChI=1S/C24H32N2O3/c1-25(23(27)16-19-9-8-18-6-4-7-22(18)29-19)20-10-12-24(11-5-15-28-24)17-21(20)26-13-2-3-14-26/h4,6-9,20-21H,2-3,5,10-17H2,1H3. The molecule has 3 heterocycles. The minimum Gasteiger partial charge on any atom is -0.461 e. The third kappa shape index (κ3) is 3.71. The van der Waals surface area contributed by atoms with Crippen molar-refractivity contribution < 1.29 is 13.9 Å². The van der Waals surface area contributed by atoms with E-state index in [1.807, 2.05) is 42.3 Å². The van der Waals surface area contributed by atoms with E-state index in [1.54, 1.807) is 0 Å². The molecule has 3 unspecified atom stereocenters. The molecule has 5 nitrogen and oxygen atoms in total. The fourth-order valence-electron chi connectivity index (χ4n) is 5.79. The van der Waals surface area contributed by atoms with E-state index >= 15 is 0 Å². The highest BCUT2D eigenvalue weighted by molar-refractivity contribution is 5.78. The molecule has 1 saturated carbocycles. The molecule has 156 valence electrons. The molecule has 1 spiro atoms. The average Bonchev–Trinajstić information content (AvgIpc) is 3.49. The summed E-state index contributed by atoms with van der Waals surface area (Å²) < 4.78 is 12.2. The van der Waals surface area contributed by atoms with E-state index in [2.05, 4.69) is 4.90 Å². The zero-order valence-corrected chi connectivity index (χ0v) is 17.4. The molecule has 0 aromatic heterocycles. The second-order valence-electron chi connectivity index (χ2n) is 9.18. The Hall–Kier alpha value is -1.85. The van der Waals surface area contributed by atoms with Crippen molar-refractivity contribution in [2.45, 2.75) is 69.1 Å². The molecule has 5 heteroatoms. The Morgan fingerprint density at radius 1 is 1.17 bits per heavy atom. The van der Waals surface area contributed by atoms with E-state index in [4.69, 9.17) is 9.15 Å². The Morgan fingerprint density at radius 3 is 2.83 bits per heavy atom. The van der Waals surface area contributed by atoms with E-state index in [1.165, 1.54) is 25.7 Å². The van der Waals surface area contributed by atoms with Gasteiger partial charge in [-0.2, -0.15) is 0 Å². The van der Waals surface area contributed by atoms with Crippen LogP contribution in [0.5, 0.6) is 0 Å². The van der Waals surface area contributed by atoms with Gasteiger partial charge in [0.1, 0.15) is 11.5 Å². The maximum atomic E-state index is 13.2. The highest BCUT2D eigenvalue weighted by atomic mass is 16.5. The predicted octanol–water partition coefficient (Wildman–Crippen LogP) is 3.95. The number of amides is 1. The highest BCUT2D eigenvalue weighted by Gasteiger charge is 2.47. The number of likely N-dealkylation sites (N-methyl/N-ethyl adjacent to an activating group) is 1. The second-order valence-corrected chi connectivity index (χ2v) is 9.18. The van der Waals surface area contributed by atoms with Crippen LogP contribution in [-0.2, 0) is 16.0 Å². The van der Waals surface area contributed by atoms with Gasteiger partial charge in [0.2, 0.25) is 5.91 Å². The zero-order valence-electron chi connectivity index (χ0n) is 17.4. The van der Waals surface area contributed by atoms with E-state index in [0.29, 0.717) is 12.5 Å². The summed E-state index contributed by atoms with van der Waals surface area (Å²) in [7, 11) is 1.99. The maximum absolute atomic E-state index is 13.2. The molecule has 0 bridgehead atoms. The Morgan fingerprint density at radius 2 is 2.03 bits per heavy atom. The molecule has 5 rings (SSSR count). The first kappa shape index (κ1) is 19.1. The number of carbonyl (C=O) groups is 1. The topological polar surface area (TPSA) is 45.9 Å². The predicted molar refractivity (Wildman–Crippen MR) is 112 cm³/mol. The van der Waals surface area contributed by atoms with Crippen molar-refractivity contribution in [2.24, 2.45) is 0 Å². The lowest BCUT2D eigenvalue weighted by Gasteiger charge is -2.48. The third-order valence-corrected chi connectivity index (χ3v) is 7.43. The molecule has 0 N–H and O–H groups in total. The van der Waals surface area contributed by atoms with Gasteiger partial charge in [-0.1, -0.05) is 12.1 Å². The Kier molecular flexibility index (Phi) is 5.12. The summed E-state index contributed by atoms with van der Waals surface area (Å²) in [6.07, 6.45) is 8.40. The van der Waals surface area contributed by atoms with E-state index in [0.717, 1.165) is 56.0 Å². The number of carbonyl (C=O) groups excluding carboxylic acids is 1. The Labute approximate surface area is 173 Å². The monoisotopic (exact) mass is 396 g/mol. The van der Waals surface area contributed by atoms with Gasteiger partial charge in [0, 0.05) is 31.3 Å². The molecule has 2 saturated heterocycles. The molecule has 2 aliphatic carbocycles. The molecule has 0 aromatic rings. The van der Waals surface area contributed by atoms with E-state index in [-0.39, 0.29) is 17.6 Å². The van der Waals surface area contributed by atoms with Crippen molar-refractivity contribution in [3.63, 3.8) is 0 Å². The van der Waals surface area contributed by atoms with Gasteiger partial charge < -0.3 is 14.1 Å². The zero-order chi connectivity index (χ0) is 19.8. The minimum absolute atomic E-state index is 0.0613. The summed E-state index contributed by atoms with van der Waals surface area (Å²) in [5.41, 5.74) is 1.14. The van der Waals surface area contributed by atoms with Crippen molar-refractivity contribution in [1.82, 2.24) is 9.80 Å². The fraction of sp³-hybridized carbons (Fsp3) is 0.625. The number of rotatable bonds is 4. The van der Waals surface area contributed by atoms with Gasteiger partial charge in [0.15, 0.2) is 0 Å². The summed E-state index contributed by atoms with van der Waals surface area (Å²) in [6, 6.07) is 10.6. The van der Waals surface area contributed by atoms with E-state index < -0.39 is 0 Å². The van der Waals surface area contributed by atoms with Crippen LogP contribution < -0.4 is 0 Å². The number of hydrogen-bond donors (Lipinski definition) is 0. The number of fused-ring (bicyclic) bond motifs is 1. The largest absolute Gasteiger partial charge is 0.461 e. The smallest absolute Gasteiger partial charge is 0.230 e. The average molecular weight is 397 g/mol. The highest BCUT2D eigenvalue weighted by Crippen LogP contribution is 2.43. The summed E-state index contributed by atoms with van der Waals surface area (Å²) in [5.74, 6) is 1.74. The number of ether oxygens (including phenoxy) is 1. The molecule has 1 amide bonds. The molecule has 3 aliphatic heterocycles. The van der Waals surface area contributed by atoms with Crippen molar-refractivity contribution in [3.05, 3.63) is 36.1 Å². The lowest BCUT2D eigenvalue weighted by Crippen LogP contribution is -2.58. The van der Waals surface area contributed by atoms with Gasteiger partial charge in [0.25, 0.3) is 0 Å². The normalized spacial score (nSPS) is 30.4. The molecule has 0 radical (unpaired) electrons. The van der Waals surface area contributed by atoms with Gasteiger partial charge in [0.05, 0.1) is 12.0 Å². The van der Waals surface area contributed by atoms with Crippen molar-refractivity contribution in [2.75, 3.05) is 26.7 Å². The summed E-state index contributed by atoms with van der Waals surface area (Å²) in [6.45, 7) is 3.21. The summed E-state index contributed by atoms with van der Waals surface area (Å²) in [5, 5.41) is 0. The van der Waals surface area contributed by atoms with Crippen LogP contribution >= 0.6 is 0 Å². The summed E-state index contributed by atoms with van der Waals surface area (Å²) in [4.78, 5) is 17.8. The van der Waals surface area contributed by atoms with Crippen LogP contribution in [-0.4, -0.2) is 60.1 Å². The molecule has 0 aromatic carbocycles. The van der Waals surface area contributed by atoms with Crippen LogP contribution in [0.4, 0.5) is 0 Å². The molecule has 3 fully saturated rings. The van der Waals surface area contributed by atoms with Crippen LogP contribution in [0.2, 0.25) is 0 Å². The molecular formula is C24H32N2O3. The van der Waals surface area contributed by atoms with Gasteiger partial charge >= 0.3 is 0 Å². The second kappa shape index (κ2) is 7.77. The number of nitrogens with zero attached hydrogens (tertiary/aromatic N) is 2. The van der Waals surface area contributed by atoms with Crippen molar-refractivity contribution in [3.8, 4) is 11.3 Å². The maximum Gasteiger partial charge on any atom is 0.230 e. The van der Waals surface area contributed by atoms with Crippen LogP contribution in [0.1, 0.15) is 50.7 Å². The fourth-order valence-corrected chi connectivity index (χ4v) is 5.79. The van der Waals surface area contributed by atoms with Gasteiger partial charge in [-0.25, -0.2) is 0 Å². The van der Waals surface area contributed by atoms with Crippen LogP contribution in [0.25, 0.3) is 11.3 Å². The van der Waals surface area contributed by atoms with E-state index in [9.17, 15) is 4.79 Å². The van der Waals surface area contributed by atoms with Gasteiger partial charge in [-0.15, -0.1) is 0 Å². The number of hydrogen-bond acceptors (Lipinski definition) is 4. The third-order valence-electron chi connectivity index (χ3n) is 7.43. The van der Waals surface area contributed by atoms with Crippen molar-refractivity contribution >= 4 is 5.91 Å². The van der Waals surface area contributed by atoms with Gasteiger partial charge in [-0.05, 0) is 76.2 Å². The first-order valence-electron chi connectivity index (χ1n) is 11.2. The molecule has 5 aliphatic rings. The first-order valence-corrected chi connectivity index (χ1v) is 11.2. The minimum atomic E-state index is 0.0613. The molecule has 3 atom stereocenters. The lowest BCUT2D eigenvalue weighted by atomic mass is 9.76. The lowest BCUT2D eigenvalue weighted by molar-refractivity contribution is -0.137. The van der Waals surface area contributed by atoms with Crippen LogP contribution in [0, 0.1) is 0 Å². The van der Waals surface area contributed by atoms with Crippen LogP contribution in [0.15, 0.2) is 34.7 Å². The summed E-state index contributed by atoms with van der Waals surface area (Å²) >= 11 is 0. The Balaban J connectivity index is 1.32. The quantitative estimate of drug-likeness (QED) is 0.785. The molecule has 29 heavy (non-hydrogen) atoms. The molecular weight excluding hydrogens is 364 g/mol. The first-order chi connectivity index (χ1) is 14.1. The number of likely N-dealkylation sites (tertiary alicyclic amines) is 1.